The smallest absolute Gasteiger partial charge is 0.235 e. The zero-order valence-corrected chi connectivity index (χ0v) is 12.4. The van der Waals surface area contributed by atoms with Crippen LogP contribution in [0.3, 0.4) is 0 Å². The van der Waals surface area contributed by atoms with Gasteiger partial charge in [-0.15, -0.1) is 0 Å². The van der Waals surface area contributed by atoms with Crippen LogP contribution in [0.2, 0.25) is 0 Å². The first kappa shape index (κ1) is 14.4. The largest absolute Gasteiger partial charge is 0.379 e. The van der Waals surface area contributed by atoms with E-state index in [-0.39, 0.29) is 0 Å². The molecule has 0 N–H and O–H groups in total. The van der Waals surface area contributed by atoms with Gasteiger partial charge in [0.25, 0.3) is 0 Å². The Labute approximate surface area is 121 Å². The number of nitrogens with zero attached hydrogens (tertiary/aromatic N) is 2. The number of morpholine rings is 1. The summed E-state index contributed by atoms with van der Waals surface area (Å²) in [5.74, 6) is 0. The maximum Gasteiger partial charge on any atom is 0.235 e. The first-order valence-electron chi connectivity index (χ1n) is 6.40. The molecule has 19 heavy (non-hydrogen) atoms. The molecule has 4 nitrogen and oxygen atoms in total. The van der Waals surface area contributed by atoms with Crippen molar-refractivity contribution in [2.75, 3.05) is 32.8 Å². The van der Waals surface area contributed by atoms with Crippen molar-refractivity contribution in [3.8, 4) is 0 Å². The summed E-state index contributed by atoms with van der Waals surface area (Å²) in [7, 11) is 0. The number of benzene rings is 1. The van der Waals surface area contributed by atoms with Gasteiger partial charge in [-0.1, -0.05) is 28.1 Å². The van der Waals surface area contributed by atoms with Crippen molar-refractivity contribution in [3.63, 3.8) is 0 Å². The van der Waals surface area contributed by atoms with Crippen LogP contribution < -0.4 is 0 Å². The van der Waals surface area contributed by atoms with Crippen molar-refractivity contribution < 1.29 is 9.53 Å². The molecule has 1 aromatic carbocycles. The van der Waals surface area contributed by atoms with Crippen LogP contribution in [0.15, 0.2) is 27.7 Å². The van der Waals surface area contributed by atoms with E-state index < -0.39 is 0 Å². The van der Waals surface area contributed by atoms with Gasteiger partial charge in [0.15, 0.2) is 0 Å². The van der Waals surface area contributed by atoms with E-state index >= 15 is 0 Å². The zero-order valence-electron chi connectivity index (χ0n) is 10.8. The topological polar surface area (TPSA) is 41.9 Å². The standard InChI is InChI=1S/C14H17BrN2O2/c15-14-9-12(10-16-11-18)1-2-13(14)3-4-17-5-7-19-8-6-17/h1-2,9H,3-8,10H2. The minimum Gasteiger partial charge on any atom is -0.379 e. The Morgan fingerprint density at radius 2 is 2.16 bits per heavy atom. The number of ether oxygens (including phenoxy) is 1. The Bertz CT molecular complexity index is 467. The third kappa shape index (κ3) is 4.55. The van der Waals surface area contributed by atoms with Gasteiger partial charge < -0.3 is 4.74 Å². The van der Waals surface area contributed by atoms with Gasteiger partial charge in [0.2, 0.25) is 6.08 Å². The van der Waals surface area contributed by atoms with E-state index in [4.69, 9.17) is 4.74 Å². The molecule has 5 heteroatoms. The predicted octanol–water partition coefficient (Wildman–Crippen LogP) is 2.16. The van der Waals surface area contributed by atoms with Crippen LogP contribution in [0.25, 0.3) is 0 Å². The van der Waals surface area contributed by atoms with Crippen molar-refractivity contribution in [2.45, 2.75) is 13.0 Å². The van der Waals surface area contributed by atoms with E-state index in [9.17, 15) is 4.79 Å². The van der Waals surface area contributed by atoms with Crippen LogP contribution in [0, 0.1) is 0 Å². The molecule has 1 aliphatic rings. The molecule has 0 aromatic heterocycles. The highest BCUT2D eigenvalue weighted by molar-refractivity contribution is 9.10. The summed E-state index contributed by atoms with van der Waals surface area (Å²) in [5.41, 5.74) is 2.30. The lowest BCUT2D eigenvalue weighted by Gasteiger charge is -2.26. The van der Waals surface area contributed by atoms with Gasteiger partial charge in [0.1, 0.15) is 0 Å². The molecule has 1 aliphatic heterocycles. The molecule has 0 aliphatic carbocycles. The second kappa shape index (κ2) is 7.56. The second-order valence-corrected chi connectivity index (χ2v) is 5.39. The minimum atomic E-state index is 0.395. The molecule has 0 saturated carbocycles. The summed E-state index contributed by atoms with van der Waals surface area (Å²) in [6, 6.07) is 6.13. The lowest BCUT2D eigenvalue weighted by Crippen LogP contribution is -2.37. The summed E-state index contributed by atoms with van der Waals surface area (Å²) in [6.07, 6.45) is 2.57. The molecular weight excluding hydrogens is 308 g/mol. The normalized spacial score (nSPS) is 16.1. The zero-order chi connectivity index (χ0) is 13.5. The molecule has 0 amide bonds. The highest BCUT2D eigenvalue weighted by Gasteiger charge is 2.10. The molecule has 0 bridgehead atoms. The van der Waals surface area contributed by atoms with Gasteiger partial charge in [0.05, 0.1) is 19.8 Å². The van der Waals surface area contributed by atoms with Gasteiger partial charge in [-0.3, -0.25) is 4.90 Å². The number of halogens is 1. The van der Waals surface area contributed by atoms with Crippen molar-refractivity contribution in [1.82, 2.24) is 4.90 Å². The fraction of sp³-hybridized carbons (Fsp3) is 0.500. The lowest BCUT2D eigenvalue weighted by atomic mass is 10.1. The number of rotatable bonds is 5. The Hall–Kier alpha value is -1.00. The molecule has 1 heterocycles. The first-order chi connectivity index (χ1) is 9.29. The number of carbonyl (C=O) groups excluding carboxylic acids is 1. The van der Waals surface area contributed by atoms with Crippen LogP contribution >= 0.6 is 15.9 Å². The minimum absolute atomic E-state index is 0.395. The third-order valence-electron chi connectivity index (χ3n) is 3.24. The Morgan fingerprint density at radius 1 is 1.37 bits per heavy atom. The average Bonchev–Trinajstić information content (AvgIpc) is 2.45. The highest BCUT2D eigenvalue weighted by Crippen LogP contribution is 2.20. The van der Waals surface area contributed by atoms with Gasteiger partial charge in [0, 0.05) is 24.1 Å². The van der Waals surface area contributed by atoms with Crippen molar-refractivity contribution in [3.05, 3.63) is 33.8 Å². The van der Waals surface area contributed by atoms with Gasteiger partial charge in [-0.2, -0.15) is 0 Å². The number of hydrogen-bond donors (Lipinski definition) is 0. The van der Waals surface area contributed by atoms with E-state index in [1.165, 1.54) is 5.56 Å². The van der Waals surface area contributed by atoms with E-state index in [0.29, 0.717) is 6.54 Å². The van der Waals surface area contributed by atoms with Crippen LogP contribution in [0.5, 0.6) is 0 Å². The van der Waals surface area contributed by atoms with Crippen molar-refractivity contribution >= 4 is 22.0 Å². The quantitative estimate of drug-likeness (QED) is 0.615. The molecule has 0 unspecified atom stereocenters. The molecule has 0 spiro atoms. The van der Waals surface area contributed by atoms with E-state index in [0.717, 1.165) is 49.3 Å². The fourth-order valence-corrected chi connectivity index (χ4v) is 2.74. The molecule has 0 atom stereocenters. The van der Waals surface area contributed by atoms with Crippen molar-refractivity contribution in [2.24, 2.45) is 4.99 Å². The lowest BCUT2D eigenvalue weighted by molar-refractivity contribution is 0.0384. The van der Waals surface area contributed by atoms with E-state index in [1.807, 2.05) is 12.1 Å². The highest BCUT2D eigenvalue weighted by atomic mass is 79.9. The van der Waals surface area contributed by atoms with Crippen LogP contribution in [-0.4, -0.2) is 43.8 Å². The molecule has 1 saturated heterocycles. The third-order valence-corrected chi connectivity index (χ3v) is 3.98. The maximum absolute atomic E-state index is 10.1. The molecule has 0 radical (unpaired) electrons. The fourth-order valence-electron chi connectivity index (χ4n) is 2.12. The summed E-state index contributed by atoms with van der Waals surface area (Å²) in [5, 5.41) is 0. The molecule has 1 fully saturated rings. The number of isocyanates is 1. The van der Waals surface area contributed by atoms with Crippen LogP contribution in [0.1, 0.15) is 11.1 Å². The van der Waals surface area contributed by atoms with Gasteiger partial charge in [-0.25, -0.2) is 9.79 Å². The summed E-state index contributed by atoms with van der Waals surface area (Å²) in [6.45, 7) is 5.15. The molecule has 1 aromatic rings. The SMILES string of the molecule is O=C=NCc1ccc(CCN2CCOCC2)c(Br)c1. The Morgan fingerprint density at radius 3 is 2.84 bits per heavy atom. The molecule has 102 valence electrons. The number of hydrogen-bond acceptors (Lipinski definition) is 4. The summed E-state index contributed by atoms with van der Waals surface area (Å²) >= 11 is 3.58. The summed E-state index contributed by atoms with van der Waals surface area (Å²) < 4.78 is 6.42. The van der Waals surface area contributed by atoms with E-state index in [1.54, 1.807) is 6.08 Å². The van der Waals surface area contributed by atoms with E-state index in [2.05, 4.69) is 31.9 Å². The predicted molar refractivity (Wildman–Crippen MR) is 76.9 cm³/mol. The molecular formula is C14H17BrN2O2. The average molecular weight is 325 g/mol. The first-order valence-corrected chi connectivity index (χ1v) is 7.20. The maximum atomic E-state index is 10.1. The number of aliphatic imine (C=N–C) groups is 1. The van der Waals surface area contributed by atoms with Crippen molar-refractivity contribution in [1.29, 1.82) is 0 Å². The summed E-state index contributed by atoms with van der Waals surface area (Å²) in [4.78, 5) is 16.1. The Balaban J connectivity index is 1.90. The van der Waals surface area contributed by atoms with Crippen LogP contribution in [-0.2, 0) is 22.5 Å². The van der Waals surface area contributed by atoms with Gasteiger partial charge >= 0.3 is 0 Å². The second-order valence-electron chi connectivity index (χ2n) is 4.54. The molecule has 2 rings (SSSR count). The van der Waals surface area contributed by atoms with Gasteiger partial charge in [-0.05, 0) is 23.6 Å². The Kier molecular flexibility index (Phi) is 5.73. The van der Waals surface area contributed by atoms with Crippen LogP contribution in [0.4, 0.5) is 0 Å². The monoisotopic (exact) mass is 324 g/mol.